The average Bonchev–Trinajstić information content (AvgIpc) is 2.46. The third-order valence-electron chi connectivity index (χ3n) is 2.46. The van der Waals surface area contributed by atoms with Crippen LogP contribution in [0.3, 0.4) is 0 Å². The number of aromatic hydroxyl groups is 1. The normalized spacial score (nSPS) is 10.7. The van der Waals surface area contributed by atoms with E-state index in [4.69, 9.17) is 10.2 Å². The minimum absolute atomic E-state index is 0.0385. The summed E-state index contributed by atoms with van der Waals surface area (Å²) in [5.74, 6) is -2.81. The number of aromatic nitrogens is 1. The monoisotopic (exact) mass is 287 g/mol. The maximum atomic E-state index is 10.9. The number of carboxylic acids is 2. The van der Waals surface area contributed by atoms with E-state index in [1.165, 1.54) is 30.6 Å². The average molecular weight is 287 g/mol. The van der Waals surface area contributed by atoms with E-state index < -0.39 is 11.9 Å². The Hall–Kier alpha value is -3.29. The molecule has 0 radical (unpaired) electrons. The third kappa shape index (κ3) is 3.38. The van der Waals surface area contributed by atoms with Crippen LogP contribution in [-0.2, 0) is 0 Å². The van der Waals surface area contributed by atoms with Crippen LogP contribution in [-0.4, -0.2) is 32.2 Å². The molecule has 3 N–H and O–H groups in total. The highest BCUT2D eigenvalue weighted by molar-refractivity contribution is 5.91. The Balaban J connectivity index is 2.29. The molecule has 0 atom stereocenters. The van der Waals surface area contributed by atoms with E-state index in [9.17, 15) is 14.7 Å². The first-order valence-electron chi connectivity index (χ1n) is 5.64. The van der Waals surface area contributed by atoms with Crippen molar-refractivity contribution in [1.82, 2.24) is 4.98 Å². The molecule has 1 aromatic carbocycles. The molecule has 0 amide bonds. The first-order valence-corrected chi connectivity index (χ1v) is 5.64. The van der Waals surface area contributed by atoms with Gasteiger partial charge in [0, 0.05) is 6.20 Å². The van der Waals surface area contributed by atoms with E-state index in [2.05, 4.69) is 15.2 Å². The highest BCUT2D eigenvalue weighted by atomic mass is 16.4. The molecule has 21 heavy (non-hydrogen) atoms. The van der Waals surface area contributed by atoms with Crippen LogP contribution >= 0.6 is 0 Å². The molecule has 0 unspecified atom stereocenters. The summed E-state index contributed by atoms with van der Waals surface area (Å²) in [5, 5.41) is 34.6. The number of aromatic carboxylic acids is 2. The fourth-order valence-electron chi connectivity index (χ4n) is 1.47. The van der Waals surface area contributed by atoms with Crippen LogP contribution in [0.5, 0.6) is 5.75 Å². The van der Waals surface area contributed by atoms with Gasteiger partial charge >= 0.3 is 11.9 Å². The van der Waals surface area contributed by atoms with E-state index in [0.717, 1.165) is 6.07 Å². The van der Waals surface area contributed by atoms with Gasteiger partial charge in [-0.15, -0.1) is 5.11 Å². The van der Waals surface area contributed by atoms with Crippen LogP contribution < -0.4 is 0 Å². The number of pyridine rings is 1. The number of carbonyl (C=O) groups is 2. The Morgan fingerprint density at radius 2 is 1.67 bits per heavy atom. The van der Waals surface area contributed by atoms with Crippen molar-refractivity contribution in [2.75, 3.05) is 0 Å². The molecular weight excluding hydrogens is 278 g/mol. The molecule has 0 aliphatic carbocycles. The number of hydrogen-bond donors (Lipinski definition) is 3. The zero-order chi connectivity index (χ0) is 15.4. The first-order chi connectivity index (χ1) is 9.97. The number of rotatable bonds is 4. The Bertz CT molecular complexity index is 742. The highest BCUT2D eigenvalue weighted by Crippen LogP contribution is 2.25. The molecule has 2 aromatic rings. The van der Waals surface area contributed by atoms with E-state index in [-0.39, 0.29) is 28.3 Å². The lowest BCUT2D eigenvalue weighted by Gasteiger charge is -2.00. The number of benzene rings is 1. The molecule has 106 valence electrons. The van der Waals surface area contributed by atoms with Crippen molar-refractivity contribution in [2.45, 2.75) is 0 Å². The fourth-order valence-corrected chi connectivity index (χ4v) is 1.47. The van der Waals surface area contributed by atoms with Gasteiger partial charge in [-0.05, 0) is 24.3 Å². The molecular formula is C13H9N3O5. The topological polar surface area (TPSA) is 132 Å². The Labute approximate surface area is 118 Å². The lowest BCUT2D eigenvalue weighted by molar-refractivity contribution is 0.0684. The molecule has 2 rings (SSSR count). The van der Waals surface area contributed by atoms with Crippen LogP contribution in [0.2, 0.25) is 0 Å². The van der Waals surface area contributed by atoms with Gasteiger partial charge in [0.1, 0.15) is 17.0 Å². The first kappa shape index (κ1) is 14.1. The molecule has 1 heterocycles. The molecule has 0 saturated heterocycles. The van der Waals surface area contributed by atoms with Gasteiger partial charge in [0.15, 0.2) is 0 Å². The standard InChI is InChI=1S/C13H9N3O5/c17-11-2-1-8(4-10(11)13(20)21)15-16-9-3-7(12(18)19)5-14-6-9/h1-6,17H,(H,18,19)(H,20,21). The molecule has 0 spiro atoms. The summed E-state index contributed by atoms with van der Waals surface area (Å²) >= 11 is 0. The molecule has 0 bridgehead atoms. The summed E-state index contributed by atoms with van der Waals surface area (Å²) in [6.45, 7) is 0. The van der Waals surface area contributed by atoms with Gasteiger partial charge in [-0.3, -0.25) is 4.98 Å². The number of azo groups is 1. The van der Waals surface area contributed by atoms with Crippen molar-refractivity contribution < 1.29 is 24.9 Å². The maximum Gasteiger partial charge on any atom is 0.339 e. The fraction of sp³-hybridized carbons (Fsp3) is 0. The number of phenols is 1. The van der Waals surface area contributed by atoms with Gasteiger partial charge in [0.25, 0.3) is 0 Å². The Morgan fingerprint density at radius 1 is 0.952 bits per heavy atom. The van der Waals surface area contributed by atoms with Gasteiger partial charge < -0.3 is 15.3 Å². The molecule has 1 aromatic heterocycles. The second kappa shape index (κ2) is 5.78. The van der Waals surface area contributed by atoms with Crippen LogP contribution in [0, 0.1) is 0 Å². The van der Waals surface area contributed by atoms with Crippen molar-refractivity contribution in [3.63, 3.8) is 0 Å². The SMILES string of the molecule is O=C(O)c1cncc(N=Nc2ccc(O)c(C(=O)O)c2)c1. The summed E-state index contributed by atoms with van der Waals surface area (Å²) in [7, 11) is 0. The zero-order valence-electron chi connectivity index (χ0n) is 10.5. The largest absolute Gasteiger partial charge is 0.507 e. The van der Waals surface area contributed by atoms with Crippen LogP contribution in [0.25, 0.3) is 0 Å². The van der Waals surface area contributed by atoms with Gasteiger partial charge in [-0.25, -0.2) is 9.59 Å². The molecule has 0 aliphatic rings. The van der Waals surface area contributed by atoms with Crippen LogP contribution in [0.4, 0.5) is 11.4 Å². The van der Waals surface area contributed by atoms with Gasteiger partial charge in [-0.1, -0.05) is 0 Å². The maximum absolute atomic E-state index is 10.9. The van der Waals surface area contributed by atoms with E-state index in [0.29, 0.717) is 0 Å². The van der Waals surface area contributed by atoms with Crippen molar-refractivity contribution in [3.8, 4) is 5.75 Å². The van der Waals surface area contributed by atoms with E-state index in [1.54, 1.807) is 0 Å². The second-order valence-corrected chi connectivity index (χ2v) is 3.94. The van der Waals surface area contributed by atoms with Crippen LogP contribution in [0.1, 0.15) is 20.7 Å². The third-order valence-corrected chi connectivity index (χ3v) is 2.46. The smallest absolute Gasteiger partial charge is 0.339 e. The van der Waals surface area contributed by atoms with E-state index >= 15 is 0 Å². The lowest BCUT2D eigenvalue weighted by Crippen LogP contribution is -1.96. The highest BCUT2D eigenvalue weighted by Gasteiger charge is 2.10. The van der Waals surface area contributed by atoms with Crippen molar-refractivity contribution in [3.05, 3.63) is 47.8 Å². The lowest BCUT2D eigenvalue weighted by atomic mass is 10.2. The minimum Gasteiger partial charge on any atom is -0.507 e. The predicted octanol–water partition coefficient (Wildman–Crippen LogP) is 2.60. The van der Waals surface area contributed by atoms with Crippen LogP contribution in [0.15, 0.2) is 46.9 Å². The summed E-state index contributed by atoms with van der Waals surface area (Å²) in [6, 6.07) is 4.98. The van der Waals surface area contributed by atoms with E-state index in [1.807, 2.05) is 0 Å². The summed E-state index contributed by atoms with van der Waals surface area (Å²) in [6.07, 6.45) is 2.49. The Morgan fingerprint density at radius 3 is 2.33 bits per heavy atom. The number of hydrogen-bond acceptors (Lipinski definition) is 6. The zero-order valence-corrected chi connectivity index (χ0v) is 10.5. The quantitative estimate of drug-likeness (QED) is 0.740. The molecule has 8 nitrogen and oxygen atoms in total. The van der Waals surface area contributed by atoms with Crippen molar-refractivity contribution in [1.29, 1.82) is 0 Å². The molecule has 0 saturated carbocycles. The molecule has 8 heteroatoms. The second-order valence-electron chi connectivity index (χ2n) is 3.94. The minimum atomic E-state index is -1.29. The number of nitrogens with zero attached hydrogens (tertiary/aromatic N) is 3. The van der Waals surface area contributed by atoms with Gasteiger partial charge in [-0.2, -0.15) is 5.11 Å². The summed E-state index contributed by atoms with van der Waals surface area (Å²) in [5.41, 5.74) is 0.0676. The number of carboxylic acid groups (broad SMARTS) is 2. The summed E-state index contributed by atoms with van der Waals surface area (Å²) in [4.78, 5) is 25.3. The van der Waals surface area contributed by atoms with Crippen molar-refractivity contribution in [2.24, 2.45) is 10.2 Å². The van der Waals surface area contributed by atoms with Gasteiger partial charge in [0.05, 0.1) is 17.4 Å². The predicted molar refractivity (Wildman–Crippen MR) is 70.4 cm³/mol. The molecule has 0 fully saturated rings. The Kier molecular flexibility index (Phi) is 3.89. The van der Waals surface area contributed by atoms with Crippen molar-refractivity contribution >= 4 is 23.3 Å². The van der Waals surface area contributed by atoms with Gasteiger partial charge in [0.2, 0.25) is 0 Å². The summed E-state index contributed by atoms with van der Waals surface area (Å²) < 4.78 is 0. The molecule has 0 aliphatic heterocycles.